The fraction of sp³-hybridized carbons (Fsp3) is 0.600. The van der Waals surface area contributed by atoms with E-state index in [0.717, 1.165) is 64.2 Å². The number of pyridine rings is 1. The molecule has 7 heteroatoms. The second-order valence-corrected chi connectivity index (χ2v) is 12.5. The summed E-state index contributed by atoms with van der Waals surface area (Å²) in [7, 11) is 4.28. The average molecular weight is 507 g/mol. The molecule has 37 heavy (non-hydrogen) atoms. The lowest BCUT2D eigenvalue weighted by Crippen LogP contribution is -2.66. The molecular weight excluding hydrogens is 464 g/mol. The zero-order valence-electron chi connectivity index (χ0n) is 23.1. The summed E-state index contributed by atoms with van der Waals surface area (Å²) in [6.07, 6.45) is 5.84. The Kier molecular flexibility index (Phi) is 7.20. The van der Waals surface area contributed by atoms with Crippen molar-refractivity contribution < 1.29 is 14.3 Å². The first-order chi connectivity index (χ1) is 17.6. The van der Waals surface area contributed by atoms with Crippen molar-refractivity contribution in [1.82, 2.24) is 19.7 Å². The van der Waals surface area contributed by atoms with E-state index < -0.39 is 5.60 Å². The van der Waals surface area contributed by atoms with Crippen LogP contribution in [-0.2, 0) is 17.7 Å². The molecule has 1 unspecified atom stereocenters. The van der Waals surface area contributed by atoms with E-state index in [1.807, 2.05) is 31.9 Å². The molecule has 1 atom stereocenters. The van der Waals surface area contributed by atoms with Gasteiger partial charge >= 0.3 is 6.09 Å². The molecule has 2 fully saturated rings. The van der Waals surface area contributed by atoms with Crippen LogP contribution in [0.4, 0.5) is 4.79 Å². The molecule has 7 nitrogen and oxygen atoms in total. The highest BCUT2D eigenvalue weighted by molar-refractivity contribution is 5.69. The predicted molar refractivity (Wildman–Crippen MR) is 145 cm³/mol. The van der Waals surface area contributed by atoms with Crippen molar-refractivity contribution in [3.05, 3.63) is 59.4 Å². The molecule has 1 spiro atoms. The molecule has 1 saturated carbocycles. The topological polar surface area (TPSA) is 58.1 Å². The number of aromatic nitrogens is 1. The van der Waals surface area contributed by atoms with Crippen molar-refractivity contribution in [3.63, 3.8) is 0 Å². The molecule has 0 bridgehead atoms. The molecular formula is C30H42N4O3. The molecule has 200 valence electrons. The van der Waals surface area contributed by atoms with E-state index in [0.29, 0.717) is 0 Å². The van der Waals surface area contributed by atoms with Crippen LogP contribution in [0.1, 0.15) is 62.9 Å². The summed E-state index contributed by atoms with van der Waals surface area (Å²) in [6, 6.07) is 13.1. The smallest absolute Gasteiger partial charge is 0.410 e. The van der Waals surface area contributed by atoms with Crippen LogP contribution < -0.4 is 4.74 Å². The Hall–Kier alpha value is -2.64. The SMILES string of the molecule is CN(C)CCC1c2c(OC3CC4(C3)CN(C(=O)OC(C)(C)C)C4)ccnc2CCN1Cc1ccccc1. The lowest BCUT2D eigenvalue weighted by atomic mass is 9.62. The standard InChI is InChI=1S/C30H42N4O3/c1-29(2,3)37-28(35)34-20-30(21-34)17-23(18-30)36-26-11-14-31-24-12-16-33(19-22-9-7-6-8-10-22)25(27(24)26)13-15-32(4)5/h6-11,14,23,25H,12-13,15-21H2,1-5H3. The number of amides is 1. The first-order valence-corrected chi connectivity index (χ1v) is 13.7. The molecule has 1 saturated heterocycles. The highest BCUT2D eigenvalue weighted by Crippen LogP contribution is 2.51. The van der Waals surface area contributed by atoms with Crippen LogP contribution in [0.5, 0.6) is 5.75 Å². The van der Waals surface area contributed by atoms with Gasteiger partial charge in [0.2, 0.25) is 0 Å². The monoisotopic (exact) mass is 506 g/mol. The molecule has 2 aromatic rings. The van der Waals surface area contributed by atoms with Gasteiger partial charge < -0.3 is 19.3 Å². The summed E-state index contributed by atoms with van der Waals surface area (Å²) in [5, 5.41) is 0. The van der Waals surface area contributed by atoms with Crippen molar-refractivity contribution in [2.75, 3.05) is 40.3 Å². The van der Waals surface area contributed by atoms with Crippen molar-refractivity contribution in [1.29, 1.82) is 0 Å². The molecule has 3 heterocycles. The van der Waals surface area contributed by atoms with Crippen LogP contribution in [-0.4, -0.2) is 77.8 Å². The van der Waals surface area contributed by atoms with Gasteiger partial charge in [-0.25, -0.2) is 4.79 Å². The fourth-order valence-electron chi connectivity index (χ4n) is 6.10. The van der Waals surface area contributed by atoms with Crippen LogP contribution in [0.3, 0.4) is 0 Å². The van der Waals surface area contributed by atoms with Crippen LogP contribution >= 0.6 is 0 Å². The Bertz CT molecular complexity index is 1080. The third-order valence-corrected chi connectivity index (χ3v) is 7.84. The molecule has 1 aromatic heterocycles. The van der Waals surface area contributed by atoms with Crippen molar-refractivity contribution >= 4 is 6.09 Å². The molecule has 1 aliphatic carbocycles. The van der Waals surface area contributed by atoms with Crippen LogP contribution in [0.2, 0.25) is 0 Å². The molecule has 0 radical (unpaired) electrons. The van der Waals surface area contributed by atoms with Gasteiger partial charge in [-0.05, 0) is 72.3 Å². The number of carbonyl (C=O) groups excluding carboxylic acids is 1. The summed E-state index contributed by atoms with van der Waals surface area (Å²) in [5.41, 5.74) is 3.53. The summed E-state index contributed by atoms with van der Waals surface area (Å²) in [4.78, 5) is 23.8. The van der Waals surface area contributed by atoms with Crippen molar-refractivity contribution in [3.8, 4) is 5.75 Å². The first kappa shape index (κ1) is 26.0. The molecule has 3 aliphatic rings. The third-order valence-electron chi connectivity index (χ3n) is 7.84. The van der Waals surface area contributed by atoms with E-state index in [4.69, 9.17) is 14.5 Å². The zero-order valence-corrected chi connectivity index (χ0v) is 23.1. The summed E-state index contributed by atoms with van der Waals surface area (Å²) < 4.78 is 12.2. The van der Waals surface area contributed by atoms with Crippen LogP contribution in [0.25, 0.3) is 0 Å². The average Bonchev–Trinajstić information content (AvgIpc) is 2.78. The van der Waals surface area contributed by atoms with Crippen molar-refractivity contribution in [2.45, 2.75) is 70.7 Å². The third kappa shape index (κ3) is 5.93. The van der Waals surface area contributed by atoms with Gasteiger partial charge in [0.05, 0.1) is 5.69 Å². The highest BCUT2D eigenvalue weighted by atomic mass is 16.6. The van der Waals surface area contributed by atoms with Crippen LogP contribution in [0, 0.1) is 5.41 Å². The maximum absolute atomic E-state index is 12.4. The zero-order chi connectivity index (χ0) is 26.2. The Morgan fingerprint density at radius 3 is 2.54 bits per heavy atom. The Morgan fingerprint density at radius 2 is 1.86 bits per heavy atom. The molecule has 1 aromatic carbocycles. The van der Waals surface area contributed by atoms with Gasteiger partial charge in [0.25, 0.3) is 0 Å². The fourth-order valence-corrected chi connectivity index (χ4v) is 6.10. The number of ether oxygens (including phenoxy) is 2. The minimum absolute atomic E-state index is 0.186. The normalized spacial score (nSPS) is 21.4. The van der Waals surface area contributed by atoms with Gasteiger partial charge in [0, 0.05) is 55.8 Å². The van der Waals surface area contributed by atoms with Gasteiger partial charge in [-0.15, -0.1) is 0 Å². The maximum atomic E-state index is 12.4. The minimum atomic E-state index is -0.455. The van der Waals surface area contributed by atoms with E-state index in [1.165, 1.54) is 16.8 Å². The summed E-state index contributed by atoms with van der Waals surface area (Å²) in [6.45, 7) is 10.2. The lowest BCUT2D eigenvalue weighted by Gasteiger charge is -2.58. The number of fused-ring (bicyclic) bond motifs is 1. The van der Waals surface area contributed by atoms with Crippen LogP contribution in [0.15, 0.2) is 42.6 Å². The quantitative estimate of drug-likeness (QED) is 0.532. The molecule has 5 rings (SSSR count). The number of hydrogen-bond donors (Lipinski definition) is 0. The highest BCUT2D eigenvalue weighted by Gasteiger charge is 2.55. The number of nitrogens with zero attached hydrogens (tertiary/aromatic N) is 4. The second-order valence-electron chi connectivity index (χ2n) is 12.5. The van der Waals surface area contributed by atoms with E-state index in [9.17, 15) is 4.79 Å². The van der Waals surface area contributed by atoms with Gasteiger partial charge in [-0.1, -0.05) is 30.3 Å². The largest absolute Gasteiger partial charge is 0.490 e. The summed E-state index contributed by atoms with van der Waals surface area (Å²) >= 11 is 0. The van der Waals surface area contributed by atoms with E-state index in [-0.39, 0.29) is 23.7 Å². The minimum Gasteiger partial charge on any atom is -0.490 e. The number of hydrogen-bond acceptors (Lipinski definition) is 6. The van der Waals surface area contributed by atoms with Gasteiger partial charge in [-0.3, -0.25) is 9.88 Å². The van der Waals surface area contributed by atoms with Crippen molar-refractivity contribution in [2.24, 2.45) is 5.41 Å². The molecule has 0 N–H and O–H groups in total. The lowest BCUT2D eigenvalue weighted by molar-refractivity contribution is -0.117. The summed E-state index contributed by atoms with van der Waals surface area (Å²) in [5.74, 6) is 0.995. The molecule has 1 amide bonds. The van der Waals surface area contributed by atoms with E-state index >= 15 is 0 Å². The number of benzene rings is 1. The number of rotatable bonds is 7. The Morgan fingerprint density at radius 1 is 1.14 bits per heavy atom. The number of likely N-dealkylation sites (tertiary alicyclic amines) is 1. The second kappa shape index (κ2) is 10.3. The first-order valence-electron chi connectivity index (χ1n) is 13.7. The van der Waals surface area contributed by atoms with Gasteiger partial charge in [-0.2, -0.15) is 0 Å². The van der Waals surface area contributed by atoms with E-state index in [1.54, 1.807) is 0 Å². The van der Waals surface area contributed by atoms with E-state index in [2.05, 4.69) is 60.3 Å². The van der Waals surface area contributed by atoms with Gasteiger partial charge in [0.1, 0.15) is 17.5 Å². The Balaban J connectivity index is 1.26. The Labute approximate surface area is 221 Å². The maximum Gasteiger partial charge on any atom is 0.410 e. The number of carbonyl (C=O) groups is 1. The van der Waals surface area contributed by atoms with Gasteiger partial charge in [0.15, 0.2) is 0 Å². The predicted octanol–water partition coefficient (Wildman–Crippen LogP) is 4.91. The molecule has 2 aliphatic heterocycles.